The highest BCUT2D eigenvalue weighted by Crippen LogP contribution is 2.29. The first-order valence-corrected chi connectivity index (χ1v) is 10.7. The van der Waals surface area contributed by atoms with Gasteiger partial charge in [-0.15, -0.1) is 10.2 Å². The lowest BCUT2D eigenvalue weighted by atomic mass is 9.96. The van der Waals surface area contributed by atoms with Crippen molar-refractivity contribution < 1.29 is 4.79 Å². The molecule has 1 amide bonds. The summed E-state index contributed by atoms with van der Waals surface area (Å²) in [7, 11) is 0. The Labute approximate surface area is 180 Å². The summed E-state index contributed by atoms with van der Waals surface area (Å²) in [6, 6.07) is 9.29. The Morgan fingerprint density at radius 2 is 1.93 bits per heavy atom. The molecule has 0 atom stereocenters. The maximum absolute atomic E-state index is 12.7. The van der Waals surface area contributed by atoms with Crippen molar-refractivity contribution in [1.29, 1.82) is 0 Å². The molecule has 0 radical (unpaired) electrons. The maximum Gasteiger partial charge on any atom is 0.229 e. The van der Waals surface area contributed by atoms with Crippen molar-refractivity contribution >= 4 is 50.0 Å². The molecule has 4 aromatic rings. The Morgan fingerprint density at radius 1 is 1.13 bits per heavy atom. The van der Waals surface area contributed by atoms with Crippen molar-refractivity contribution in [2.24, 2.45) is 5.92 Å². The van der Waals surface area contributed by atoms with Crippen LogP contribution in [-0.4, -0.2) is 48.9 Å². The van der Waals surface area contributed by atoms with Crippen molar-refractivity contribution in [2.75, 3.05) is 23.3 Å². The number of benzene rings is 1. The van der Waals surface area contributed by atoms with Gasteiger partial charge in [-0.2, -0.15) is 5.10 Å². The highest BCUT2D eigenvalue weighted by atomic mass is 35.5. The monoisotopic (exact) mass is 440 g/mol. The molecule has 30 heavy (non-hydrogen) atoms. The van der Waals surface area contributed by atoms with E-state index in [2.05, 4.69) is 35.5 Å². The minimum absolute atomic E-state index is 0.00687. The van der Waals surface area contributed by atoms with Crippen LogP contribution in [0.3, 0.4) is 0 Å². The molecule has 5 rings (SSSR count). The summed E-state index contributed by atoms with van der Waals surface area (Å²) in [5, 5.41) is 16.8. The summed E-state index contributed by atoms with van der Waals surface area (Å²) < 4.78 is 2.52. The maximum atomic E-state index is 12.7. The largest absolute Gasteiger partial charge is 0.355 e. The third-order valence-corrected chi connectivity index (χ3v) is 6.23. The molecular weight excluding hydrogens is 424 g/mol. The van der Waals surface area contributed by atoms with E-state index < -0.39 is 0 Å². The van der Waals surface area contributed by atoms with Crippen LogP contribution in [0.4, 0.5) is 10.9 Å². The Morgan fingerprint density at radius 3 is 2.67 bits per heavy atom. The van der Waals surface area contributed by atoms with E-state index in [0.29, 0.717) is 16.0 Å². The van der Waals surface area contributed by atoms with Gasteiger partial charge in [0.15, 0.2) is 16.8 Å². The van der Waals surface area contributed by atoms with Crippen LogP contribution < -0.4 is 10.2 Å². The minimum Gasteiger partial charge on any atom is -0.355 e. The predicted molar refractivity (Wildman–Crippen MR) is 115 cm³/mol. The summed E-state index contributed by atoms with van der Waals surface area (Å²) in [5.41, 5.74) is 0.836. The van der Waals surface area contributed by atoms with E-state index in [-0.39, 0.29) is 11.8 Å². The zero-order chi connectivity index (χ0) is 20.5. The molecule has 1 aromatic carbocycles. The van der Waals surface area contributed by atoms with Gasteiger partial charge < -0.3 is 10.2 Å². The number of aromatic nitrogens is 6. The first-order chi connectivity index (χ1) is 14.7. The number of nitrogens with one attached hydrogen (secondary N) is 1. The molecule has 3 aromatic heterocycles. The van der Waals surface area contributed by atoms with Crippen LogP contribution >= 0.6 is 22.9 Å². The van der Waals surface area contributed by atoms with Crippen LogP contribution in [0.2, 0.25) is 5.02 Å². The first kappa shape index (κ1) is 18.9. The van der Waals surface area contributed by atoms with E-state index in [1.165, 1.54) is 17.7 Å². The van der Waals surface area contributed by atoms with Crippen LogP contribution in [-0.2, 0) is 4.79 Å². The Bertz CT molecular complexity index is 1170. The zero-order valence-electron chi connectivity index (χ0n) is 15.8. The number of piperidine rings is 1. The molecule has 0 spiro atoms. The van der Waals surface area contributed by atoms with Gasteiger partial charge in [0, 0.05) is 24.0 Å². The van der Waals surface area contributed by atoms with E-state index >= 15 is 0 Å². The van der Waals surface area contributed by atoms with Crippen LogP contribution in [0.15, 0.2) is 43.0 Å². The number of thiazole rings is 1. The Balaban J connectivity index is 1.19. The highest BCUT2D eigenvalue weighted by molar-refractivity contribution is 7.22. The van der Waals surface area contributed by atoms with Gasteiger partial charge in [0.25, 0.3) is 0 Å². The number of rotatable bonds is 4. The second-order valence-corrected chi connectivity index (χ2v) is 8.44. The smallest absolute Gasteiger partial charge is 0.229 e. The molecule has 0 unspecified atom stereocenters. The number of hydrogen-bond acceptors (Lipinski definition) is 8. The zero-order valence-corrected chi connectivity index (χ0v) is 17.3. The summed E-state index contributed by atoms with van der Waals surface area (Å²) in [5.74, 6) is 1.36. The van der Waals surface area contributed by atoms with E-state index in [4.69, 9.17) is 11.6 Å². The molecule has 0 bridgehead atoms. The molecule has 0 saturated carbocycles. The lowest BCUT2D eigenvalue weighted by Crippen LogP contribution is -2.38. The van der Waals surface area contributed by atoms with Crippen LogP contribution in [0, 0.1) is 5.92 Å². The fourth-order valence-corrected chi connectivity index (χ4v) is 4.61. The molecule has 1 aliphatic rings. The lowest BCUT2D eigenvalue weighted by molar-refractivity contribution is -0.120. The van der Waals surface area contributed by atoms with Gasteiger partial charge in [0.2, 0.25) is 5.91 Å². The van der Waals surface area contributed by atoms with Crippen molar-refractivity contribution in [1.82, 2.24) is 29.9 Å². The van der Waals surface area contributed by atoms with E-state index in [9.17, 15) is 4.79 Å². The molecular formula is C19H17ClN8OS. The first-order valence-electron chi connectivity index (χ1n) is 9.46. The fraction of sp³-hybridized carbons (Fsp3) is 0.263. The molecule has 1 N–H and O–H groups in total. The Kier molecular flexibility index (Phi) is 5.01. The third kappa shape index (κ3) is 3.83. The van der Waals surface area contributed by atoms with Crippen molar-refractivity contribution in [3.8, 4) is 5.82 Å². The van der Waals surface area contributed by atoms with Gasteiger partial charge in [-0.3, -0.25) is 4.79 Å². The summed E-state index contributed by atoms with van der Waals surface area (Å²) >= 11 is 7.46. The van der Waals surface area contributed by atoms with Crippen LogP contribution in [0.1, 0.15) is 12.8 Å². The van der Waals surface area contributed by atoms with Crippen molar-refractivity contribution in [3.63, 3.8) is 0 Å². The second-order valence-electron chi connectivity index (χ2n) is 6.97. The molecule has 1 fully saturated rings. The van der Waals surface area contributed by atoms with Gasteiger partial charge in [-0.05, 0) is 43.2 Å². The van der Waals surface area contributed by atoms with E-state index in [1.807, 2.05) is 24.3 Å². The number of anilines is 2. The topological polar surface area (TPSA) is 102 Å². The number of fused-ring (bicyclic) bond motifs is 1. The van der Waals surface area contributed by atoms with E-state index in [1.54, 1.807) is 17.1 Å². The standard InChI is InChI=1S/C19H17ClN8OS/c20-13-1-2-14-15(9-13)30-19(23-14)24-18(29)12-5-7-27(8-6-12)16-3-4-17(26-25-16)28-11-21-10-22-28/h1-4,9-12H,5-8H2,(H,23,24,29). The minimum atomic E-state index is -0.0563. The molecule has 9 nitrogen and oxygen atoms in total. The second kappa shape index (κ2) is 7.96. The molecule has 1 aliphatic heterocycles. The van der Waals surface area contributed by atoms with Gasteiger partial charge in [0.1, 0.15) is 12.7 Å². The van der Waals surface area contributed by atoms with E-state index in [0.717, 1.165) is 42.0 Å². The number of carbonyl (C=O) groups is 1. The van der Waals surface area contributed by atoms with Crippen molar-refractivity contribution in [3.05, 3.63) is 48.0 Å². The Hall–Kier alpha value is -3.11. The molecule has 11 heteroatoms. The SMILES string of the molecule is O=C(Nc1nc2ccc(Cl)cc2s1)C1CCN(c2ccc(-n3cncn3)nn2)CC1. The van der Waals surface area contributed by atoms with Gasteiger partial charge in [0.05, 0.1) is 10.2 Å². The highest BCUT2D eigenvalue weighted by Gasteiger charge is 2.26. The summed E-state index contributed by atoms with van der Waals surface area (Å²) in [4.78, 5) is 23.2. The number of hydrogen-bond donors (Lipinski definition) is 1. The summed E-state index contributed by atoms with van der Waals surface area (Å²) in [6.45, 7) is 1.48. The van der Waals surface area contributed by atoms with Gasteiger partial charge in [-0.1, -0.05) is 22.9 Å². The quantitative estimate of drug-likeness (QED) is 0.520. The average Bonchev–Trinajstić information content (AvgIpc) is 3.43. The number of nitrogens with zero attached hydrogens (tertiary/aromatic N) is 7. The third-order valence-electron chi connectivity index (χ3n) is 5.06. The average molecular weight is 441 g/mol. The molecule has 4 heterocycles. The number of amides is 1. The van der Waals surface area contributed by atoms with Crippen LogP contribution in [0.25, 0.3) is 16.0 Å². The van der Waals surface area contributed by atoms with Gasteiger partial charge in [-0.25, -0.2) is 14.6 Å². The molecule has 1 saturated heterocycles. The summed E-state index contributed by atoms with van der Waals surface area (Å²) in [6.07, 6.45) is 4.52. The normalized spacial score (nSPS) is 14.9. The predicted octanol–water partition coefficient (Wildman–Crippen LogP) is 3.18. The molecule has 0 aliphatic carbocycles. The van der Waals surface area contributed by atoms with Crippen LogP contribution in [0.5, 0.6) is 0 Å². The number of carbonyl (C=O) groups excluding carboxylic acids is 1. The van der Waals surface area contributed by atoms with Gasteiger partial charge >= 0.3 is 0 Å². The fourth-order valence-electron chi connectivity index (χ4n) is 3.47. The lowest BCUT2D eigenvalue weighted by Gasteiger charge is -2.31. The van der Waals surface area contributed by atoms with Crippen molar-refractivity contribution in [2.45, 2.75) is 12.8 Å². The molecule has 152 valence electrons. The number of halogens is 1.